The van der Waals surface area contributed by atoms with E-state index in [-0.39, 0.29) is 22.7 Å². The largest absolute Gasteiger partial charge is 0.486 e. The highest BCUT2D eigenvalue weighted by atomic mass is 35.5. The SMILES string of the molecule is C#Cc1cc(Nc2ncnc3cc(O[C@H]4CCOC4)c(NC(=O)/C=C/CNCC)cc23)c(F)cc1Cl. The van der Waals surface area contributed by atoms with Crippen LogP contribution in [0.2, 0.25) is 5.02 Å². The lowest BCUT2D eigenvalue weighted by atomic mass is 10.1. The van der Waals surface area contributed by atoms with E-state index in [1.54, 1.807) is 18.2 Å². The predicted molar refractivity (Wildman–Crippen MR) is 138 cm³/mol. The molecule has 3 aromatic rings. The molecule has 0 unspecified atom stereocenters. The zero-order chi connectivity index (χ0) is 25.5. The summed E-state index contributed by atoms with van der Waals surface area (Å²) in [6.07, 6.45) is 10.6. The first kappa shape index (κ1) is 25.4. The van der Waals surface area contributed by atoms with Crippen LogP contribution < -0.4 is 20.7 Å². The molecule has 4 rings (SSSR count). The number of carbonyl (C=O) groups is 1. The summed E-state index contributed by atoms with van der Waals surface area (Å²) in [5.41, 5.74) is 1.40. The Hall–Kier alpha value is -3.71. The number of nitrogens with one attached hydrogen (secondary N) is 3. The van der Waals surface area contributed by atoms with Crippen molar-refractivity contribution in [2.75, 3.05) is 36.9 Å². The van der Waals surface area contributed by atoms with Crippen LogP contribution in [0.15, 0.2) is 42.7 Å². The zero-order valence-electron chi connectivity index (χ0n) is 19.6. The summed E-state index contributed by atoms with van der Waals surface area (Å²) in [6.45, 7) is 4.41. The predicted octanol–water partition coefficient (Wildman–Crippen LogP) is 4.42. The van der Waals surface area contributed by atoms with Gasteiger partial charge < -0.3 is 25.4 Å². The maximum Gasteiger partial charge on any atom is 0.248 e. The molecular formula is C26H25ClFN5O3. The fourth-order valence-electron chi connectivity index (χ4n) is 3.62. The third kappa shape index (κ3) is 6.10. The number of likely N-dealkylation sites (N-methyl/N-ethyl adjacent to an activating group) is 1. The van der Waals surface area contributed by atoms with E-state index in [9.17, 15) is 9.18 Å². The number of nitrogens with zero attached hydrogens (tertiary/aromatic N) is 2. The molecular weight excluding hydrogens is 485 g/mol. The number of anilines is 3. The second-order valence-corrected chi connectivity index (χ2v) is 8.38. The van der Waals surface area contributed by atoms with Crippen molar-refractivity contribution in [2.24, 2.45) is 0 Å². The van der Waals surface area contributed by atoms with Gasteiger partial charge in [0.1, 0.15) is 29.8 Å². The van der Waals surface area contributed by atoms with Gasteiger partial charge in [0, 0.05) is 36.1 Å². The third-order valence-electron chi connectivity index (χ3n) is 5.42. The van der Waals surface area contributed by atoms with Crippen molar-refractivity contribution in [3.05, 3.63) is 59.1 Å². The number of amides is 1. The van der Waals surface area contributed by atoms with Crippen LogP contribution in [0.5, 0.6) is 5.75 Å². The van der Waals surface area contributed by atoms with Crippen molar-refractivity contribution in [3.63, 3.8) is 0 Å². The molecule has 1 aliphatic heterocycles. The number of halogens is 2. The van der Waals surface area contributed by atoms with Gasteiger partial charge in [-0.05, 0) is 24.7 Å². The van der Waals surface area contributed by atoms with Crippen molar-refractivity contribution >= 4 is 45.6 Å². The second-order valence-electron chi connectivity index (χ2n) is 7.97. The molecule has 1 fully saturated rings. The van der Waals surface area contributed by atoms with E-state index in [0.29, 0.717) is 53.5 Å². The van der Waals surface area contributed by atoms with Gasteiger partial charge in [-0.1, -0.05) is 30.5 Å². The van der Waals surface area contributed by atoms with Gasteiger partial charge in [-0.15, -0.1) is 6.42 Å². The lowest BCUT2D eigenvalue weighted by molar-refractivity contribution is -0.111. The van der Waals surface area contributed by atoms with E-state index in [1.807, 2.05) is 6.92 Å². The maximum absolute atomic E-state index is 14.6. The van der Waals surface area contributed by atoms with Crippen LogP contribution in [-0.4, -0.2) is 48.3 Å². The number of carbonyl (C=O) groups excluding carboxylic acids is 1. The number of aromatic nitrogens is 2. The lowest BCUT2D eigenvalue weighted by Crippen LogP contribution is -2.18. The van der Waals surface area contributed by atoms with Crippen molar-refractivity contribution in [2.45, 2.75) is 19.4 Å². The molecule has 186 valence electrons. The summed E-state index contributed by atoms with van der Waals surface area (Å²) in [7, 11) is 0. The summed E-state index contributed by atoms with van der Waals surface area (Å²) in [6, 6.07) is 5.97. The monoisotopic (exact) mass is 509 g/mol. The number of benzene rings is 2. The van der Waals surface area contributed by atoms with E-state index in [4.69, 9.17) is 27.5 Å². The summed E-state index contributed by atoms with van der Waals surface area (Å²) < 4.78 is 26.1. The molecule has 3 N–H and O–H groups in total. The third-order valence-corrected chi connectivity index (χ3v) is 5.74. The molecule has 2 heterocycles. The zero-order valence-corrected chi connectivity index (χ0v) is 20.4. The summed E-state index contributed by atoms with van der Waals surface area (Å²) >= 11 is 6.00. The van der Waals surface area contributed by atoms with Crippen LogP contribution in [-0.2, 0) is 9.53 Å². The smallest absolute Gasteiger partial charge is 0.248 e. The molecule has 0 saturated carbocycles. The Morgan fingerprint density at radius 3 is 2.94 bits per heavy atom. The fourth-order valence-corrected chi connectivity index (χ4v) is 3.82. The molecule has 8 nitrogen and oxygen atoms in total. The highest BCUT2D eigenvalue weighted by Gasteiger charge is 2.21. The molecule has 1 aromatic heterocycles. The van der Waals surface area contributed by atoms with Crippen molar-refractivity contribution in [1.29, 1.82) is 0 Å². The van der Waals surface area contributed by atoms with Crippen molar-refractivity contribution < 1.29 is 18.7 Å². The first-order chi connectivity index (χ1) is 17.5. The Labute approximate surface area is 213 Å². The quantitative estimate of drug-likeness (QED) is 0.223. The standard InChI is InChI=1S/C26H25ClFN5O3/c1-3-16-10-22(20(28)12-19(16)27)33-26-18-11-23(32-25(34)6-5-8-29-4-2)24(13-21(18)30-15-31-26)36-17-7-9-35-14-17/h1,5-6,10-13,15,17,29H,4,7-9,14H2,2H3,(H,32,34)(H,30,31,33)/b6-5+/t17-/m0/s1. The minimum atomic E-state index is -0.591. The topological polar surface area (TPSA) is 97.4 Å². The molecule has 36 heavy (non-hydrogen) atoms. The van der Waals surface area contributed by atoms with Gasteiger partial charge in [-0.2, -0.15) is 0 Å². The van der Waals surface area contributed by atoms with Crippen molar-refractivity contribution in [1.82, 2.24) is 15.3 Å². The molecule has 10 heteroatoms. The molecule has 0 radical (unpaired) electrons. The molecule has 2 aromatic carbocycles. The number of terminal acetylenes is 1. The first-order valence-electron chi connectivity index (χ1n) is 11.4. The Kier molecular flexibility index (Phi) is 8.33. The summed E-state index contributed by atoms with van der Waals surface area (Å²) in [5.74, 6) is 2.27. The minimum Gasteiger partial charge on any atom is -0.486 e. The van der Waals surface area contributed by atoms with Gasteiger partial charge in [0.25, 0.3) is 0 Å². The van der Waals surface area contributed by atoms with Gasteiger partial charge in [0.2, 0.25) is 5.91 Å². The van der Waals surface area contributed by atoms with E-state index in [0.717, 1.165) is 19.0 Å². The number of hydrogen-bond donors (Lipinski definition) is 3. The average molecular weight is 510 g/mol. The normalized spacial score (nSPS) is 15.2. The fraction of sp³-hybridized carbons (Fsp3) is 0.269. The molecule has 0 bridgehead atoms. The number of rotatable bonds is 9. The Morgan fingerprint density at radius 2 is 2.19 bits per heavy atom. The van der Waals surface area contributed by atoms with E-state index in [2.05, 4.69) is 31.8 Å². The minimum absolute atomic E-state index is 0.104. The van der Waals surface area contributed by atoms with Gasteiger partial charge in [0.05, 0.1) is 35.1 Å². The molecule has 0 spiro atoms. The maximum atomic E-state index is 14.6. The van der Waals surface area contributed by atoms with E-state index < -0.39 is 5.82 Å². The van der Waals surface area contributed by atoms with Crippen LogP contribution in [0.3, 0.4) is 0 Å². The molecule has 0 aliphatic carbocycles. The van der Waals surface area contributed by atoms with Gasteiger partial charge in [0.15, 0.2) is 0 Å². The Morgan fingerprint density at radius 1 is 1.33 bits per heavy atom. The number of fused-ring (bicyclic) bond motifs is 1. The number of ether oxygens (including phenoxy) is 2. The van der Waals surface area contributed by atoms with Gasteiger partial charge >= 0.3 is 0 Å². The highest BCUT2D eigenvalue weighted by Crippen LogP contribution is 2.35. The van der Waals surface area contributed by atoms with E-state index in [1.165, 1.54) is 18.5 Å². The van der Waals surface area contributed by atoms with Gasteiger partial charge in [-0.3, -0.25) is 4.79 Å². The van der Waals surface area contributed by atoms with Gasteiger partial charge in [-0.25, -0.2) is 14.4 Å². The molecule has 1 amide bonds. The average Bonchev–Trinajstić information content (AvgIpc) is 3.37. The lowest BCUT2D eigenvalue weighted by Gasteiger charge is -2.18. The van der Waals surface area contributed by atoms with Crippen LogP contribution in [0, 0.1) is 18.2 Å². The Balaban J connectivity index is 1.70. The molecule has 1 saturated heterocycles. The first-order valence-corrected chi connectivity index (χ1v) is 11.8. The molecule has 1 aliphatic rings. The summed E-state index contributed by atoms with van der Waals surface area (Å²) in [5, 5.41) is 9.62. The van der Waals surface area contributed by atoms with E-state index >= 15 is 0 Å². The van der Waals surface area contributed by atoms with Crippen LogP contribution in [0.25, 0.3) is 10.9 Å². The van der Waals surface area contributed by atoms with Crippen LogP contribution in [0.1, 0.15) is 18.9 Å². The number of hydrogen-bond acceptors (Lipinski definition) is 7. The Bertz CT molecular complexity index is 1340. The highest BCUT2D eigenvalue weighted by molar-refractivity contribution is 6.31. The van der Waals surface area contributed by atoms with Crippen LogP contribution in [0.4, 0.5) is 21.6 Å². The van der Waals surface area contributed by atoms with Crippen molar-refractivity contribution in [3.8, 4) is 18.1 Å². The molecule has 1 atom stereocenters. The second kappa shape index (κ2) is 11.8. The summed E-state index contributed by atoms with van der Waals surface area (Å²) in [4.78, 5) is 21.2. The van der Waals surface area contributed by atoms with Crippen LogP contribution >= 0.6 is 11.6 Å².